The number of nitrogens with one attached hydrogen (secondary N) is 1. The summed E-state index contributed by atoms with van der Waals surface area (Å²) in [6.45, 7) is 2.68. The van der Waals surface area contributed by atoms with Gasteiger partial charge in [-0.1, -0.05) is 11.6 Å². The molecule has 38 heavy (non-hydrogen) atoms. The van der Waals surface area contributed by atoms with Crippen LogP contribution in [-0.2, 0) is 19.6 Å². The first-order chi connectivity index (χ1) is 17.8. The molecule has 0 spiro atoms. The second-order valence-electron chi connectivity index (χ2n) is 8.70. The second kappa shape index (κ2) is 13.8. The third-order valence-electron chi connectivity index (χ3n) is 5.52. The third kappa shape index (κ3) is 8.60. The number of halogens is 2. The van der Waals surface area contributed by atoms with E-state index in [0.717, 1.165) is 11.5 Å². The highest BCUT2D eigenvalue weighted by atomic mass is 35.5. The molecular formula is C24H30ClFN4O6S2. The van der Waals surface area contributed by atoms with E-state index in [0.29, 0.717) is 27.9 Å². The van der Waals surface area contributed by atoms with Crippen LogP contribution in [0.5, 0.6) is 0 Å². The van der Waals surface area contributed by atoms with Crippen molar-refractivity contribution < 1.29 is 32.3 Å². The molecule has 1 aliphatic heterocycles. The Bertz CT molecular complexity index is 1300. The van der Waals surface area contributed by atoms with E-state index in [1.165, 1.54) is 33.3 Å². The fourth-order valence-corrected chi connectivity index (χ4v) is 5.97. The Morgan fingerprint density at radius 3 is 2.47 bits per heavy atom. The lowest BCUT2D eigenvalue weighted by molar-refractivity contribution is -0.123. The lowest BCUT2D eigenvalue weighted by atomic mass is 10.1. The van der Waals surface area contributed by atoms with Crippen LogP contribution < -0.4 is 9.62 Å². The van der Waals surface area contributed by atoms with E-state index >= 15 is 0 Å². The normalized spacial score (nSPS) is 15.9. The zero-order valence-electron chi connectivity index (χ0n) is 21.3. The van der Waals surface area contributed by atoms with Crippen LogP contribution in [0.3, 0.4) is 0 Å². The number of hydrogen-bond acceptors (Lipinski definition) is 7. The average molecular weight is 589 g/mol. The Morgan fingerprint density at radius 2 is 1.92 bits per heavy atom. The fraction of sp³-hybridized carbons (Fsp3) is 0.375. The lowest BCUT2D eigenvalue weighted by Crippen LogP contribution is -2.41. The van der Waals surface area contributed by atoms with Gasteiger partial charge >= 0.3 is 0 Å². The zero-order chi connectivity index (χ0) is 28.6. The molecule has 2 amide bonds. The monoisotopic (exact) mass is 588 g/mol. The van der Waals surface area contributed by atoms with Gasteiger partial charge in [0.15, 0.2) is 0 Å². The van der Waals surface area contributed by atoms with Gasteiger partial charge in [-0.2, -0.15) is 4.72 Å². The summed E-state index contributed by atoms with van der Waals surface area (Å²) in [7, 11) is 1.49. The van der Waals surface area contributed by atoms with Crippen molar-refractivity contribution in [2.24, 2.45) is 0 Å². The highest BCUT2D eigenvalue weighted by Gasteiger charge is 2.36. The summed E-state index contributed by atoms with van der Waals surface area (Å²) in [4.78, 5) is 39.2. The second-order valence-corrected chi connectivity index (χ2v) is 12.0. The van der Waals surface area contributed by atoms with Gasteiger partial charge in [0.1, 0.15) is 11.9 Å². The zero-order valence-corrected chi connectivity index (χ0v) is 23.7. The standard InChI is InChI=1S/C23H28ClFN4O4S2.CH2O2/c1-15(20-7-8-21(24)34-20)14-35(32,33)26-18-9-10-29(23(18)31)19-6-5-16(13-17(19)25)22(30)28(4)12-11-27(2)3;2-1-3/h5-8,13-14,18,26H,9-12H2,1-4H3;1H,(H,2,3). The molecule has 3 rings (SSSR count). The summed E-state index contributed by atoms with van der Waals surface area (Å²) in [5.41, 5.74) is 0.661. The number of benzene rings is 1. The maximum atomic E-state index is 14.9. The lowest BCUT2D eigenvalue weighted by Gasteiger charge is -2.21. The summed E-state index contributed by atoms with van der Waals surface area (Å²) in [5.74, 6) is -1.61. The third-order valence-corrected chi connectivity index (χ3v) is 8.16. The Kier molecular flexibility index (Phi) is 11.4. The van der Waals surface area contributed by atoms with Crippen molar-refractivity contribution in [2.75, 3.05) is 45.7 Å². The molecule has 1 unspecified atom stereocenters. The van der Waals surface area contributed by atoms with Gasteiger partial charge in [0.05, 0.1) is 15.4 Å². The molecule has 208 valence electrons. The van der Waals surface area contributed by atoms with E-state index < -0.39 is 27.8 Å². The van der Waals surface area contributed by atoms with E-state index in [9.17, 15) is 22.4 Å². The van der Waals surface area contributed by atoms with Crippen LogP contribution in [0.1, 0.15) is 28.6 Å². The predicted molar refractivity (Wildman–Crippen MR) is 146 cm³/mol. The maximum Gasteiger partial charge on any atom is 0.290 e. The molecule has 1 aromatic heterocycles. The van der Waals surface area contributed by atoms with Gasteiger partial charge in [0, 0.05) is 37.1 Å². The molecule has 1 aromatic carbocycles. The Morgan fingerprint density at radius 1 is 1.26 bits per heavy atom. The number of amides is 2. The van der Waals surface area contributed by atoms with Gasteiger partial charge in [-0.3, -0.25) is 14.4 Å². The number of sulfonamides is 1. The Balaban J connectivity index is 0.00000161. The van der Waals surface area contributed by atoms with Gasteiger partial charge in [-0.05, 0) is 63.3 Å². The van der Waals surface area contributed by atoms with E-state index in [-0.39, 0.29) is 36.6 Å². The van der Waals surface area contributed by atoms with Gasteiger partial charge in [-0.25, -0.2) is 12.8 Å². The minimum Gasteiger partial charge on any atom is -0.483 e. The highest BCUT2D eigenvalue weighted by molar-refractivity contribution is 7.92. The van der Waals surface area contributed by atoms with Gasteiger partial charge in [0.25, 0.3) is 12.4 Å². The number of carboxylic acid groups (broad SMARTS) is 1. The molecule has 1 atom stereocenters. The van der Waals surface area contributed by atoms with Crippen LogP contribution in [0.4, 0.5) is 10.1 Å². The van der Waals surface area contributed by atoms with Crippen molar-refractivity contribution in [3.8, 4) is 0 Å². The van der Waals surface area contributed by atoms with Crippen molar-refractivity contribution in [3.63, 3.8) is 0 Å². The molecule has 2 aromatic rings. The summed E-state index contributed by atoms with van der Waals surface area (Å²) >= 11 is 7.16. The number of anilines is 1. The van der Waals surface area contributed by atoms with Crippen molar-refractivity contribution in [1.82, 2.24) is 14.5 Å². The van der Waals surface area contributed by atoms with Crippen LogP contribution in [0.2, 0.25) is 4.34 Å². The molecular weight excluding hydrogens is 559 g/mol. The number of hydrogen-bond donors (Lipinski definition) is 2. The maximum absolute atomic E-state index is 14.9. The number of carbonyl (C=O) groups excluding carboxylic acids is 2. The first-order valence-corrected chi connectivity index (χ1v) is 14.1. The van der Waals surface area contributed by atoms with E-state index in [1.54, 1.807) is 26.1 Å². The molecule has 0 radical (unpaired) electrons. The molecule has 0 aliphatic carbocycles. The molecule has 1 aliphatic rings. The van der Waals surface area contributed by atoms with Crippen LogP contribution >= 0.6 is 22.9 Å². The summed E-state index contributed by atoms with van der Waals surface area (Å²) < 4.78 is 43.0. The van der Waals surface area contributed by atoms with Gasteiger partial charge in [-0.15, -0.1) is 11.3 Å². The Labute approximate surface area is 230 Å². The van der Waals surface area contributed by atoms with Crippen molar-refractivity contribution >= 4 is 62.5 Å². The SMILES string of the molecule is CC(=CS(=O)(=O)NC1CCN(c2ccc(C(=O)N(C)CCN(C)C)cc2F)C1=O)c1ccc(Cl)s1.O=CO. The molecule has 14 heteroatoms. The number of carbonyl (C=O) groups is 3. The summed E-state index contributed by atoms with van der Waals surface area (Å²) in [6, 6.07) is 6.32. The molecule has 2 heterocycles. The predicted octanol–water partition coefficient (Wildman–Crippen LogP) is 2.96. The summed E-state index contributed by atoms with van der Waals surface area (Å²) in [5, 5.41) is 7.94. The Hall–Kier alpha value is -2.84. The smallest absolute Gasteiger partial charge is 0.290 e. The van der Waals surface area contributed by atoms with E-state index in [4.69, 9.17) is 21.5 Å². The van der Waals surface area contributed by atoms with Crippen molar-refractivity contribution in [2.45, 2.75) is 19.4 Å². The minimum absolute atomic E-state index is 0.00384. The van der Waals surface area contributed by atoms with Crippen LogP contribution in [0, 0.1) is 5.82 Å². The largest absolute Gasteiger partial charge is 0.483 e. The molecule has 2 N–H and O–H groups in total. The first kappa shape index (κ1) is 31.4. The van der Waals surface area contributed by atoms with Crippen LogP contribution in [-0.4, -0.2) is 88.4 Å². The molecule has 1 saturated heterocycles. The molecule has 0 saturated carbocycles. The quantitative estimate of drug-likeness (QED) is 0.431. The van der Waals surface area contributed by atoms with Gasteiger partial charge in [0.2, 0.25) is 15.9 Å². The highest BCUT2D eigenvalue weighted by Crippen LogP contribution is 2.29. The molecule has 1 fully saturated rings. The van der Waals surface area contributed by atoms with Crippen LogP contribution in [0.15, 0.2) is 35.7 Å². The van der Waals surface area contributed by atoms with Crippen molar-refractivity contribution in [1.29, 1.82) is 0 Å². The number of thiophene rings is 1. The molecule has 0 bridgehead atoms. The topological polar surface area (TPSA) is 127 Å². The number of nitrogens with zero attached hydrogens (tertiary/aromatic N) is 3. The van der Waals surface area contributed by atoms with E-state index in [2.05, 4.69) is 4.72 Å². The average Bonchev–Trinajstić information content (AvgIpc) is 3.42. The summed E-state index contributed by atoms with van der Waals surface area (Å²) in [6.07, 6.45) is 0.184. The first-order valence-electron chi connectivity index (χ1n) is 11.3. The van der Waals surface area contributed by atoms with Crippen LogP contribution in [0.25, 0.3) is 5.57 Å². The number of rotatable bonds is 9. The number of likely N-dealkylation sites (N-methyl/N-ethyl adjacent to an activating group) is 2. The fourth-order valence-electron chi connectivity index (χ4n) is 3.61. The number of allylic oxidation sites excluding steroid dienone is 1. The molecule has 10 nitrogen and oxygen atoms in total. The van der Waals surface area contributed by atoms with Gasteiger partial charge < -0.3 is 19.8 Å². The minimum atomic E-state index is -3.93. The van der Waals surface area contributed by atoms with Crippen molar-refractivity contribution in [3.05, 3.63) is 56.3 Å². The van der Waals surface area contributed by atoms with E-state index in [1.807, 2.05) is 19.0 Å².